The zero-order chi connectivity index (χ0) is 16.1. The van der Waals surface area contributed by atoms with Crippen molar-refractivity contribution in [1.29, 1.82) is 0 Å². The van der Waals surface area contributed by atoms with Crippen LogP contribution in [-0.2, 0) is 0 Å². The molecule has 0 bridgehead atoms. The third-order valence-electron chi connectivity index (χ3n) is 4.22. The summed E-state index contributed by atoms with van der Waals surface area (Å²) in [7, 11) is 3.38. The number of hydrogen-bond donors (Lipinski definition) is 2. The summed E-state index contributed by atoms with van der Waals surface area (Å²) >= 11 is 0. The quantitative estimate of drug-likeness (QED) is 0.869. The minimum absolute atomic E-state index is 0.0939. The average molecular weight is 304 g/mol. The summed E-state index contributed by atoms with van der Waals surface area (Å²) in [6.45, 7) is 0.280. The zero-order valence-electron chi connectivity index (χ0n) is 13.2. The van der Waals surface area contributed by atoms with Crippen LogP contribution < -0.4 is 5.32 Å². The third-order valence-corrected chi connectivity index (χ3v) is 4.22. The van der Waals surface area contributed by atoms with Crippen molar-refractivity contribution < 1.29 is 14.7 Å². The molecule has 0 saturated heterocycles. The first kappa shape index (κ1) is 16.5. The van der Waals surface area contributed by atoms with Gasteiger partial charge in [0.1, 0.15) is 0 Å². The highest BCUT2D eigenvalue weighted by molar-refractivity contribution is 5.97. The molecule has 0 aliphatic heterocycles. The topological polar surface area (TPSA) is 69.6 Å². The summed E-state index contributed by atoms with van der Waals surface area (Å²) in [4.78, 5) is 25.3. The highest BCUT2D eigenvalue weighted by atomic mass is 16.3. The van der Waals surface area contributed by atoms with E-state index in [2.05, 4.69) is 5.32 Å². The Morgan fingerprint density at radius 2 is 1.73 bits per heavy atom. The molecule has 1 unspecified atom stereocenters. The highest BCUT2D eigenvalue weighted by Crippen LogP contribution is 2.27. The number of rotatable bonds is 5. The summed E-state index contributed by atoms with van der Waals surface area (Å²) in [6, 6.07) is 6.55. The molecule has 2 rings (SSSR count). The van der Waals surface area contributed by atoms with E-state index in [1.807, 2.05) is 0 Å². The molecule has 1 atom stereocenters. The molecule has 22 heavy (non-hydrogen) atoms. The van der Waals surface area contributed by atoms with Gasteiger partial charge in [0, 0.05) is 31.8 Å². The number of hydrogen-bond acceptors (Lipinski definition) is 3. The van der Waals surface area contributed by atoms with Crippen LogP contribution in [0.5, 0.6) is 0 Å². The summed E-state index contributed by atoms with van der Waals surface area (Å²) in [6.07, 6.45) is 3.94. The Labute approximate surface area is 131 Å². The number of amides is 2. The second-order valence-corrected chi connectivity index (χ2v) is 6.10. The number of carbonyl (C=O) groups excluding carboxylic acids is 2. The van der Waals surface area contributed by atoms with Crippen LogP contribution in [-0.4, -0.2) is 48.6 Å². The molecule has 1 aliphatic carbocycles. The lowest BCUT2D eigenvalue weighted by atomic mass is 10.0. The van der Waals surface area contributed by atoms with Crippen LogP contribution in [0.2, 0.25) is 0 Å². The predicted molar refractivity (Wildman–Crippen MR) is 84.8 cm³/mol. The Balaban J connectivity index is 1.88. The van der Waals surface area contributed by atoms with E-state index in [-0.39, 0.29) is 18.4 Å². The predicted octanol–water partition coefficient (Wildman–Crippen LogP) is 1.67. The number of aliphatic hydroxyl groups is 1. The second kappa shape index (κ2) is 7.40. The molecule has 2 amide bonds. The monoisotopic (exact) mass is 304 g/mol. The van der Waals surface area contributed by atoms with Crippen LogP contribution in [0.3, 0.4) is 0 Å². The first-order chi connectivity index (χ1) is 10.5. The Hall–Kier alpha value is -1.88. The molecular weight excluding hydrogens is 280 g/mol. The standard InChI is InChI=1S/C17H24N2O3/c1-19(2)17(22)14-9-7-13(8-10-14)16(21)18-11-15(20)12-5-3-4-6-12/h7-10,12,15,20H,3-6,11H2,1-2H3,(H,18,21). The Morgan fingerprint density at radius 3 is 2.27 bits per heavy atom. The van der Waals surface area contributed by atoms with Gasteiger partial charge in [-0.15, -0.1) is 0 Å². The molecule has 0 heterocycles. The summed E-state index contributed by atoms with van der Waals surface area (Å²) in [5.41, 5.74) is 1.04. The van der Waals surface area contributed by atoms with Gasteiger partial charge in [0.2, 0.25) is 0 Å². The maximum atomic E-state index is 12.1. The minimum atomic E-state index is -0.471. The van der Waals surface area contributed by atoms with Crippen molar-refractivity contribution in [1.82, 2.24) is 10.2 Å². The van der Waals surface area contributed by atoms with Crippen LogP contribution >= 0.6 is 0 Å². The van der Waals surface area contributed by atoms with Gasteiger partial charge in [-0.1, -0.05) is 12.8 Å². The first-order valence-electron chi connectivity index (χ1n) is 7.77. The Morgan fingerprint density at radius 1 is 1.18 bits per heavy atom. The van der Waals surface area contributed by atoms with Gasteiger partial charge in [0.25, 0.3) is 11.8 Å². The second-order valence-electron chi connectivity index (χ2n) is 6.10. The number of carbonyl (C=O) groups is 2. The van der Waals surface area contributed by atoms with E-state index in [1.165, 1.54) is 4.90 Å². The van der Waals surface area contributed by atoms with E-state index in [4.69, 9.17) is 0 Å². The van der Waals surface area contributed by atoms with Gasteiger partial charge in [0.05, 0.1) is 6.10 Å². The minimum Gasteiger partial charge on any atom is -0.391 e. The molecule has 1 aromatic rings. The Kier molecular flexibility index (Phi) is 5.55. The molecule has 5 heteroatoms. The van der Waals surface area contributed by atoms with Crippen LogP contribution in [0.1, 0.15) is 46.4 Å². The fourth-order valence-corrected chi connectivity index (χ4v) is 2.83. The van der Waals surface area contributed by atoms with Gasteiger partial charge in [-0.25, -0.2) is 0 Å². The van der Waals surface area contributed by atoms with Gasteiger partial charge in [0.15, 0.2) is 0 Å². The van der Waals surface area contributed by atoms with E-state index in [1.54, 1.807) is 38.4 Å². The molecule has 1 saturated carbocycles. The normalized spacial score (nSPS) is 16.3. The van der Waals surface area contributed by atoms with E-state index >= 15 is 0 Å². The fraction of sp³-hybridized carbons (Fsp3) is 0.529. The average Bonchev–Trinajstić information content (AvgIpc) is 3.06. The lowest BCUT2D eigenvalue weighted by molar-refractivity contribution is 0.0823. The van der Waals surface area contributed by atoms with Gasteiger partial charge in [-0.2, -0.15) is 0 Å². The van der Waals surface area contributed by atoms with Gasteiger partial charge in [-0.3, -0.25) is 9.59 Å². The van der Waals surface area contributed by atoms with Crippen molar-refractivity contribution in [3.8, 4) is 0 Å². The molecule has 0 spiro atoms. The van der Waals surface area contributed by atoms with Crippen molar-refractivity contribution in [3.05, 3.63) is 35.4 Å². The number of benzene rings is 1. The summed E-state index contributed by atoms with van der Waals surface area (Å²) in [5, 5.41) is 12.8. The van der Waals surface area contributed by atoms with Crippen molar-refractivity contribution in [2.24, 2.45) is 5.92 Å². The molecule has 120 valence electrons. The zero-order valence-corrected chi connectivity index (χ0v) is 13.2. The molecular formula is C17H24N2O3. The number of nitrogens with one attached hydrogen (secondary N) is 1. The highest BCUT2D eigenvalue weighted by Gasteiger charge is 2.23. The largest absolute Gasteiger partial charge is 0.391 e. The smallest absolute Gasteiger partial charge is 0.253 e. The molecule has 1 aliphatic rings. The lowest BCUT2D eigenvalue weighted by Gasteiger charge is -2.18. The molecule has 5 nitrogen and oxygen atoms in total. The van der Waals surface area contributed by atoms with E-state index in [0.29, 0.717) is 17.0 Å². The molecule has 1 fully saturated rings. The fourth-order valence-electron chi connectivity index (χ4n) is 2.83. The number of nitrogens with zero attached hydrogens (tertiary/aromatic N) is 1. The van der Waals surface area contributed by atoms with Gasteiger partial charge < -0.3 is 15.3 Å². The van der Waals surface area contributed by atoms with Crippen LogP contribution in [0.4, 0.5) is 0 Å². The molecule has 1 aromatic carbocycles. The van der Waals surface area contributed by atoms with Gasteiger partial charge >= 0.3 is 0 Å². The van der Waals surface area contributed by atoms with E-state index in [0.717, 1.165) is 25.7 Å². The first-order valence-corrected chi connectivity index (χ1v) is 7.77. The summed E-state index contributed by atoms with van der Waals surface area (Å²) < 4.78 is 0. The van der Waals surface area contributed by atoms with Crippen molar-refractivity contribution in [3.63, 3.8) is 0 Å². The van der Waals surface area contributed by atoms with Crippen molar-refractivity contribution in [2.75, 3.05) is 20.6 Å². The van der Waals surface area contributed by atoms with Crippen molar-refractivity contribution in [2.45, 2.75) is 31.8 Å². The van der Waals surface area contributed by atoms with E-state index in [9.17, 15) is 14.7 Å². The maximum Gasteiger partial charge on any atom is 0.253 e. The molecule has 0 radical (unpaired) electrons. The Bertz CT molecular complexity index is 519. The maximum absolute atomic E-state index is 12.1. The van der Waals surface area contributed by atoms with E-state index < -0.39 is 6.10 Å². The van der Waals surface area contributed by atoms with Crippen LogP contribution in [0.25, 0.3) is 0 Å². The van der Waals surface area contributed by atoms with Crippen molar-refractivity contribution >= 4 is 11.8 Å². The molecule has 0 aromatic heterocycles. The summed E-state index contributed by atoms with van der Waals surface area (Å²) in [5.74, 6) is -0.00935. The van der Waals surface area contributed by atoms with Crippen LogP contribution in [0.15, 0.2) is 24.3 Å². The lowest BCUT2D eigenvalue weighted by Crippen LogP contribution is -2.35. The molecule has 2 N–H and O–H groups in total. The third kappa shape index (κ3) is 4.07. The SMILES string of the molecule is CN(C)C(=O)c1ccc(C(=O)NCC(O)C2CCCC2)cc1. The van der Waals surface area contributed by atoms with Crippen LogP contribution in [0, 0.1) is 5.92 Å². The number of aliphatic hydroxyl groups excluding tert-OH is 1. The van der Waals surface area contributed by atoms with Gasteiger partial charge in [-0.05, 0) is 43.0 Å².